The van der Waals surface area contributed by atoms with Crippen LogP contribution in [0.1, 0.15) is 17.4 Å². The molecule has 0 aliphatic heterocycles. The number of hydrogen-bond donors (Lipinski definition) is 0. The van der Waals surface area contributed by atoms with Crippen LogP contribution in [0, 0.1) is 0 Å². The Balaban J connectivity index is 1.79. The van der Waals surface area contributed by atoms with Crippen LogP contribution in [0.3, 0.4) is 0 Å². The molecule has 152 valence electrons. The zero-order valence-electron chi connectivity index (χ0n) is 17.0. The molecule has 0 aliphatic rings. The van der Waals surface area contributed by atoms with Crippen molar-refractivity contribution < 1.29 is 19.0 Å². The summed E-state index contributed by atoms with van der Waals surface area (Å²) in [6.45, 7) is 2.11. The number of ether oxygens (including phenoxy) is 3. The van der Waals surface area contributed by atoms with Gasteiger partial charge < -0.3 is 0 Å². The van der Waals surface area contributed by atoms with Gasteiger partial charge in [-0.3, -0.25) is 0 Å². The number of nitrogens with zero attached hydrogens (tertiary/aromatic N) is 1. The van der Waals surface area contributed by atoms with Gasteiger partial charge in [0.1, 0.15) is 0 Å². The van der Waals surface area contributed by atoms with Crippen LogP contribution in [0.15, 0.2) is 60.7 Å². The second-order valence-electron chi connectivity index (χ2n) is 6.59. The number of methoxy groups -OCH3 is 2. The molecular formula is C24H21NO4Se. The summed E-state index contributed by atoms with van der Waals surface area (Å²) in [7, 11) is 3.31. The van der Waals surface area contributed by atoms with Crippen LogP contribution in [0.4, 0.5) is 0 Å². The van der Waals surface area contributed by atoms with Crippen molar-refractivity contribution in [3.8, 4) is 11.5 Å². The van der Waals surface area contributed by atoms with E-state index in [1.54, 1.807) is 21.1 Å². The molecule has 0 spiro atoms. The minimum atomic E-state index is -0.405. The summed E-state index contributed by atoms with van der Waals surface area (Å²) in [5.74, 6) is 1.20. The minimum absolute atomic E-state index is 0.0388. The van der Waals surface area contributed by atoms with E-state index in [0.29, 0.717) is 12.3 Å². The Morgan fingerprint density at radius 2 is 1.60 bits per heavy atom. The maximum atomic E-state index is 12.3. The molecule has 0 amide bonds. The number of rotatable bonds is 6. The Labute approximate surface area is 181 Å². The van der Waals surface area contributed by atoms with Gasteiger partial charge in [-0.2, -0.15) is 0 Å². The molecule has 0 saturated carbocycles. The Morgan fingerprint density at radius 1 is 0.900 bits per heavy atom. The second kappa shape index (κ2) is 8.74. The number of benzene rings is 3. The van der Waals surface area contributed by atoms with E-state index in [2.05, 4.69) is 29.2 Å². The number of carbonyl (C=O) groups excluding carboxylic acids is 1. The summed E-state index contributed by atoms with van der Waals surface area (Å²) in [4.78, 5) is 16.8. The number of aromatic nitrogens is 1. The Bertz CT molecular complexity index is 1240. The summed E-state index contributed by atoms with van der Waals surface area (Å²) in [6, 6.07) is 20.0. The first kappa shape index (κ1) is 20.2. The third-order valence-electron chi connectivity index (χ3n) is 4.71. The van der Waals surface area contributed by atoms with E-state index in [1.807, 2.05) is 36.4 Å². The standard InChI is InChI=1S/C24H21NO4Se/c1-4-29-24(26)22-14-23(20-13-18(28-3)8-10-21(20)25-22)30-19-9-6-15-11-17(27-2)7-5-16(15)12-19/h5-14H,4H2,1-3H3. The van der Waals surface area contributed by atoms with Crippen LogP contribution in [0.25, 0.3) is 21.7 Å². The van der Waals surface area contributed by atoms with E-state index in [-0.39, 0.29) is 15.0 Å². The van der Waals surface area contributed by atoms with Gasteiger partial charge in [-0.1, -0.05) is 0 Å². The fourth-order valence-corrected chi connectivity index (χ4v) is 5.35. The molecular weight excluding hydrogens is 445 g/mol. The topological polar surface area (TPSA) is 57.7 Å². The monoisotopic (exact) mass is 467 g/mol. The summed E-state index contributed by atoms with van der Waals surface area (Å²) >= 11 is -0.0388. The molecule has 0 N–H and O–H groups in total. The third-order valence-corrected chi connectivity index (χ3v) is 6.91. The molecule has 0 unspecified atom stereocenters. The molecule has 5 nitrogen and oxygen atoms in total. The van der Waals surface area contributed by atoms with Gasteiger partial charge >= 0.3 is 181 Å². The quantitative estimate of drug-likeness (QED) is 0.323. The van der Waals surface area contributed by atoms with Crippen LogP contribution in [0.2, 0.25) is 0 Å². The summed E-state index contributed by atoms with van der Waals surface area (Å²) in [6.07, 6.45) is 0. The summed E-state index contributed by atoms with van der Waals surface area (Å²) < 4.78 is 18.1. The molecule has 4 aromatic rings. The first-order valence-electron chi connectivity index (χ1n) is 9.53. The first-order valence-corrected chi connectivity index (χ1v) is 11.2. The average molecular weight is 466 g/mol. The van der Waals surface area contributed by atoms with Crippen molar-refractivity contribution in [1.82, 2.24) is 4.98 Å². The Kier molecular flexibility index (Phi) is 5.88. The molecule has 0 bridgehead atoms. The van der Waals surface area contributed by atoms with Gasteiger partial charge in [0.2, 0.25) is 0 Å². The zero-order valence-corrected chi connectivity index (χ0v) is 18.7. The predicted molar refractivity (Wildman–Crippen MR) is 120 cm³/mol. The van der Waals surface area contributed by atoms with Gasteiger partial charge in [0.25, 0.3) is 0 Å². The van der Waals surface area contributed by atoms with Crippen molar-refractivity contribution in [2.24, 2.45) is 0 Å². The molecule has 4 rings (SSSR count). The average Bonchev–Trinajstić information content (AvgIpc) is 2.78. The molecule has 3 aromatic carbocycles. The third kappa shape index (κ3) is 4.11. The summed E-state index contributed by atoms with van der Waals surface area (Å²) in [5.41, 5.74) is 1.08. The molecule has 0 atom stereocenters. The van der Waals surface area contributed by atoms with Crippen molar-refractivity contribution in [2.75, 3.05) is 20.8 Å². The molecule has 30 heavy (non-hydrogen) atoms. The molecule has 0 radical (unpaired) electrons. The van der Waals surface area contributed by atoms with Crippen molar-refractivity contribution in [3.63, 3.8) is 0 Å². The van der Waals surface area contributed by atoms with Crippen LogP contribution >= 0.6 is 0 Å². The number of fused-ring (bicyclic) bond motifs is 2. The van der Waals surface area contributed by atoms with Crippen LogP contribution < -0.4 is 18.4 Å². The van der Waals surface area contributed by atoms with Crippen molar-refractivity contribution in [2.45, 2.75) is 6.92 Å². The fourth-order valence-electron chi connectivity index (χ4n) is 3.21. The predicted octanol–water partition coefficient (Wildman–Crippen LogP) is 3.24. The van der Waals surface area contributed by atoms with Gasteiger partial charge in [-0.25, -0.2) is 0 Å². The Morgan fingerprint density at radius 3 is 2.37 bits per heavy atom. The van der Waals surface area contributed by atoms with Crippen molar-refractivity contribution in [1.29, 1.82) is 0 Å². The first-order chi connectivity index (χ1) is 14.6. The van der Waals surface area contributed by atoms with Gasteiger partial charge in [-0.05, 0) is 0 Å². The normalized spacial score (nSPS) is 10.9. The number of esters is 1. The Hall–Kier alpha value is -3.08. The SMILES string of the molecule is CCOC(=O)c1cc([Se]c2ccc3cc(OC)ccc3c2)c2cc(OC)ccc2n1. The molecule has 0 aliphatic carbocycles. The number of carbonyl (C=O) groups is 1. The van der Waals surface area contributed by atoms with Crippen molar-refractivity contribution >= 4 is 51.5 Å². The maximum absolute atomic E-state index is 12.3. The zero-order chi connectivity index (χ0) is 21.1. The molecule has 1 aromatic heterocycles. The van der Waals surface area contributed by atoms with E-state index < -0.39 is 5.97 Å². The van der Waals surface area contributed by atoms with Crippen LogP contribution in [-0.2, 0) is 4.74 Å². The van der Waals surface area contributed by atoms with E-state index in [0.717, 1.165) is 37.6 Å². The van der Waals surface area contributed by atoms with Crippen LogP contribution in [-0.4, -0.2) is 46.7 Å². The molecule has 0 saturated heterocycles. The van der Waals surface area contributed by atoms with E-state index in [4.69, 9.17) is 14.2 Å². The van der Waals surface area contributed by atoms with Gasteiger partial charge in [0.15, 0.2) is 0 Å². The number of hydrogen-bond acceptors (Lipinski definition) is 5. The van der Waals surface area contributed by atoms with Crippen molar-refractivity contribution in [3.05, 3.63) is 66.4 Å². The number of pyridine rings is 1. The van der Waals surface area contributed by atoms with E-state index >= 15 is 0 Å². The molecule has 6 heteroatoms. The van der Waals surface area contributed by atoms with E-state index in [1.165, 1.54) is 4.46 Å². The van der Waals surface area contributed by atoms with Gasteiger partial charge in [-0.15, -0.1) is 0 Å². The van der Waals surface area contributed by atoms with Crippen LogP contribution in [0.5, 0.6) is 11.5 Å². The fraction of sp³-hybridized carbons (Fsp3) is 0.167. The van der Waals surface area contributed by atoms with Gasteiger partial charge in [0.05, 0.1) is 0 Å². The molecule has 1 heterocycles. The second-order valence-corrected chi connectivity index (χ2v) is 8.93. The van der Waals surface area contributed by atoms with E-state index in [9.17, 15) is 4.79 Å². The molecule has 0 fully saturated rings. The van der Waals surface area contributed by atoms with Gasteiger partial charge in [0, 0.05) is 0 Å². The summed E-state index contributed by atoms with van der Waals surface area (Å²) in [5, 5.41) is 3.26.